The molecular formula is C13H26N2O2. The van der Waals surface area contributed by atoms with Crippen LogP contribution in [0, 0.1) is 0 Å². The fourth-order valence-corrected chi connectivity index (χ4v) is 2.88. The molecule has 1 aliphatic rings. The number of likely N-dealkylation sites (N-methyl/N-ethyl adjacent to an activating group) is 1. The molecule has 2 N–H and O–H groups in total. The number of carboxylic acids is 1. The van der Waals surface area contributed by atoms with Gasteiger partial charge in [0.25, 0.3) is 0 Å². The van der Waals surface area contributed by atoms with E-state index in [1.165, 1.54) is 12.8 Å². The van der Waals surface area contributed by atoms with Gasteiger partial charge >= 0.3 is 5.97 Å². The van der Waals surface area contributed by atoms with Crippen molar-refractivity contribution in [2.75, 3.05) is 13.6 Å². The third-order valence-corrected chi connectivity index (χ3v) is 4.19. The molecule has 100 valence electrons. The van der Waals surface area contributed by atoms with Crippen LogP contribution in [-0.2, 0) is 4.79 Å². The van der Waals surface area contributed by atoms with E-state index in [9.17, 15) is 9.90 Å². The van der Waals surface area contributed by atoms with E-state index in [1.54, 1.807) is 14.0 Å². The maximum atomic E-state index is 11.3. The van der Waals surface area contributed by atoms with E-state index in [0.29, 0.717) is 18.5 Å². The summed E-state index contributed by atoms with van der Waals surface area (Å²) in [5.74, 6) is -0.765. The highest BCUT2D eigenvalue weighted by molar-refractivity contribution is 5.78. The smallest absolute Gasteiger partial charge is 0.323 e. The second-order valence-electron chi connectivity index (χ2n) is 5.38. The van der Waals surface area contributed by atoms with Crippen LogP contribution in [0.1, 0.15) is 46.5 Å². The maximum Gasteiger partial charge on any atom is 0.323 e. The molecule has 3 atom stereocenters. The van der Waals surface area contributed by atoms with E-state index in [0.717, 1.165) is 13.0 Å². The molecular weight excluding hydrogens is 216 g/mol. The number of rotatable bonds is 6. The van der Waals surface area contributed by atoms with Crippen molar-refractivity contribution in [1.82, 2.24) is 10.2 Å². The Morgan fingerprint density at radius 1 is 1.65 bits per heavy atom. The molecule has 4 heteroatoms. The van der Waals surface area contributed by atoms with E-state index < -0.39 is 11.5 Å². The van der Waals surface area contributed by atoms with Gasteiger partial charge in [-0.3, -0.25) is 9.69 Å². The maximum absolute atomic E-state index is 11.3. The Kier molecular flexibility index (Phi) is 4.95. The molecule has 0 aromatic carbocycles. The average Bonchev–Trinajstić information content (AvgIpc) is 2.76. The minimum atomic E-state index is -0.819. The van der Waals surface area contributed by atoms with Crippen LogP contribution in [-0.4, -0.2) is 47.2 Å². The summed E-state index contributed by atoms with van der Waals surface area (Å²) in [4.78, 5) is 13.7. The fourth-order valence-electron chi connectivity index (χ4n) is 2.88. The third-order valence-electron chi connectivity index (χ3n) is 4.19. The highest BCUT2D eigenvalue weighted by Gasteiger charge is 2.36. The summed E-state index contributed by atoms with van der Waals surface area (Å²) in [5.41, 5.74) is -0.819. The molecule has 0 spiro atoms. The molecule has 0 aromatic heterocycles. The monoisotopic (exact) mass is 242 g/mol. The summed E-state index contributed by atoms with van der Waals surface area (Å²) in [5, 5.41) is 12.2. The lowest BCUT2D eigenvalue weighted by Gasteiger charge is -2.35. The lowest BCUT2D eigenvalue weighted by molar-refractivity contribution is -0.144. The third kappa shape index (κ3) is 3.19. The van der Waals surface area contributed by atoms with Gasteiger partial charge in [0.15, 0.2) is 0 Å². The van der Waals surface area contributed by atoms with Crippen molar-refractivity contribution >= 4 is 5.97 Å². The average molecular weight is 242 g/mol. The molecule has 0 aromatic rings. The summed E-state index contributed by atoms with van der Waals surface area (Å²) in [6.45, 7) is 7.23. The number of hydrogen-bond donors (Lipinski definition) is 2. The predicted molar refractivity (Wildman–Crippen MR) is 69.2 cm³/mol. The van der Waals surface area contributed by atoms with Crippen molar-refractivity contribution < 1.29 is 9.90 Å². The first kappa shape index (κ1) is 14.5. The zero-order valence-electron chi connectivity index (χ0n) is 11.5. The topological polar surface area (TPSA) is 52.6 Å². The van der Waals surface area contributed by atoms with Gasteiger partial charge in [-0.15, -0.1) is 0 Å². The van der Waals surface area contributed by atoms with Gasteiger partial charge in [-0.1, -0.05) is 6.92 Å². The predicted octanol–water partition coefficient (Wildman–Crippen LogP) is 1.70. The number of nitrogens with one attached hydrogen (secondary N) is 1. The van der Waals surface area contributed by atoms with Gasteiger partial charge in [-0.2, -0.15) is 0 Å². The number of aliphatic carboxylic acids is 1. The van der Waals surface area contributed by atoms with Gasteiger partial charge in [-0.05, 0) is 53.1 Å². The van der Waals surface area contributed by atoms with Crippen molar-refractivity contribution in [2.24, 2.45) is 0 Å². The van der Waals surface area contributed by atoms with Crippen LogP contribution in [0.15, 0.2) is 0 Å². The van der Waals surface area contributed by atoms with E-state index in [-0.39, 0.29) is 0 Å². The van der Waals surface area contributed by atoms with E-state index in [4.69, 9.17) is 0 Å². The largest absolute Gasteiger partial charge is 0.480 e. The summed E-state index contributed by atoms with van der Waals surface area (Å²) in [7, 11) is 1.72. The second kappa shape index (κ2) is 5.83. The van der Waals surface area contributed by atoms with Crippen molar-refractivity contribution in [3.05, 3.63) is 0 Å². The Morgan fingerprint density at radius 3 is 2.76 bits per heavy atom. The zero-order chi connectivity index (χ0) is 13.1. The number of likely N-dealkylation sites (tertiary alicyclic amines) is 1. The summed E-state index contributed by atoms with van der Waals surface area (Å²) < 4.78 is 0. The Morgan fingerprint density at radius 2 is 2.29 bits per heavy atom. The van der Waals surface area contributed by atoms with Crippen LogP contribution in [0.25, 0.3) is 0 Å². The fraction of sp³-hybridized carbons (Fsp3) is 0.923. The number of hydrogen-bond acceptors (Lipinski definition) is 3. The molecule has 1 heterocycles. The lowest BCUT2D eigenvalue weighted by atomic mass is 9.92. The molecule has 1 fully saturated rings. The van der Waals surface area contributed by atoms with Gasteiger partial charge in [0, 0.05) is 12.1 Å². The molecule has 0 amide bonds. The van der Waals surface area contributed by atoms with E-state index in [2.05, 4.69) is 24.1 Å². The van der Waals surface area contributed by atoms with Gasteiger partial charge < -0.3 is 10.4 Å². The molecule has 0 aliphatic carbocycles. The Bertz CT molecular complexity index is 270. The van der Waals surface area contributed by atoms with Crippen LogP contribution in [0.3, 0.4) is 0 Å². The van der Waals surface area contributed by atoms with Crippen molar-refractivity contribution in [3.63, 3.8) is 0 Å². The van der Waals surface area contributed by atoms with Crippen LogP contribution in [0.4, 0.5) is 0 Å². The first-order valence-corrected chi connectivity index (χ1v) is 6.62. The number of carbonyl (C=O) groups is 1. The Balaban J connectivity index is 2.64. The van der Waals surface area contributed by atoms with Crippen LogP contribution in [0.2, 0.25) is 0 Å². The van der Waals surface area contributed by atoms with Crippen molar-refractivity contribution in [1.29, 1.82) is 0 Å². The molecule has 17 heavy (non-hydrogen) atoms. The number of carboxylic acid groups (broad SMARTS) is 1. The van der Waals surface area contributed by atoms with E-state index in [1.807, 2.05) is 0 Å². The molecule has 0 saturated carbocycles. The standard InChI is InChI=1S/C13H26N2O2/c1-5-11-7-6-8-15(11)10(2)9-13(3,14-4)12(16)17/h10-11,14H,5-9H2,1-4H3,(H,16,17). The highest BCUT2D eigenvalue weighted by atomic mass is 16.4. The summed E-state index contributed by atoms with van der Waals surface area (Å²) in [6, 6.07) is 0.955. The van der Waals surface area contributed by atoms with Crippen LogP contribution < -0.4 is 5.32 Å². The Hall–Kier alpha value is -0.610. The van der Waals surface area contributed by atoms with Crippen LogP contribution >= 0.6 is 0 Å². The van der Waals surface area contributed by atoms with E-state index >= 15 is 0 Å². The SMILES string of the molecule is CCC1CCCN1C(C)CC(C)(NC)C(=O)O. The molecule has 0 radical (unpaired) electrons. The quantitative estimate of drug-likeness (QED) is 0.744. The molecule has 1 rings (SSSR count). The van der Waals surface area contributed by atoms with Gasteiger partial charge in [0.05, 0.1) is 0 Å². The van der Waals surface area contributed by atoms with Gasteiger partial charge in [-0.25, -0.2) is 0 Å². The molecule has 3 unspecified atom stereocenters. The molecule has 1 saturated heterocycles. The van der Waals surface area contributed by atoms with Crippen molar-refractivity contribution in [2.45, 2.75) is 64.1 Å². The molecule has 4 nitrogen and oxygen atoms in total. The first-order chi connectivity index (χ1) is 7.94. The summed E-state index contributed by atoms with van der Waals surface area (Å²) >= 11 is 0. The highest BCUT2D eigenvalue weighted by Crippen LogP contribution is 2.26. The normalized spacial score (nSPS) is 26.7. The minimum absolute atomic E-state index is 0.316. The molecule has 0 bridgehead atoms. The molecule has 1 aliphatic heterocycles. The van der Waals surface area contributed by atoms with Gasteiger partial charge in [0.1, 0.15) is 5.54 Å². The van der Waals surface area contributed by atoms with Crippen molar-refractivity contribution in [3.8, 4) is 0 Å². The second-order valence-corrected chi connectivity index (χ2v) is 5.38. The minimum Gasteiger partial charge on any atom is -0.480 e. The number of nitrogens with zero attached hydrogens (tertiary/aromatic N) is 1. The Labute approximate surface area is 104 Å². The van der Waals surface area contributed by atoms with Crippen LogP contribution in [0.5, 0.6) is 0 Å². The zero-order valence-corrected chi connectivity index (χ0v) is 11.5. The summed E-state index contributed by atoms with van der Waals surface area (Å²) in [6.07, 6.45) is 4.30. The lowest BCUT2D eigenvalue weighted by Crippen LogP contribution is -2.52. The van der Waals surface area contributed by atoms with Gasteiger partial charge in [0.2, 0.25) is 0 Å². The first-order valence-electron chi connectivity index (χ1n) is 6.62.